The maximum Gasteiger partial charge on any atom is 0.400 e. The highest BCUT2D eigenvalue weighted by atomic mass is 35.5. The molecule has 0 aliphatic rings. The summed E-state index contributed by atoms with van der Waals surface area (Å²) in [5.74, 6) is -1.00. The minimum absolute atomic E-state index is 0.0234. The Balaban J connectivity index is 1.40. The molecule has 0 spiro atoms. The van der Waals surface area contributed by atoms with E-state index in [0.29, 0.717) is 12.1 Å². The number of halogens is 3. The third-order valence-electron chi connectivity index (χ3n) is 4.57. The highest BCUT2D eigenvalue weighted by Gasteiger charge is 2.35. The molecular formula is C21H15ClF2N4O3. The van der Waals surface area contributed by atoms with E-state index in [2.05, 4.69) is 25.3 Å². The van der Waals surface area contributed by atoms with E-state index in [1.165, 1.54) is 0 Å². The summed E-state index contributed by atoms with van der Waals surface area (Å²) >= 11 is 4.87. The van der Waals surface area contributed by atoms with Crippen LogP contribution in [0.5, 0.6) is 0 Å². The number of anilines is 2. The Morgan fingerprint density at radius 2 is 1.42 bits per heavy atom. The smallest absolute Gasteiger partial charge is 0.376 e. The van der Waals surface area contributed by atoms with Crippen LogP contribution in [0.1, 0.15) is 17.0 Å². The van der Waals surface area contributed by atoms with Gasteiger partial charge in [-0.05, 0) is 22.7 Å². The Hall–Kier alpha value is -3.59. The average molecular weight is 445 g/mol. The van der Waals surface area contributed by atoms with Gasteiger partial charge in [-0.25, -0.2) is 0 Å². The Morgan fingerprint density at radius 1 is 0.871 bits per heavy atom. The minimum atomic E-state index is -3.73. The maximum absolute atomic E-state index is 13.0. The number of nitrogens with one attached hydrogen (secondary N) is 2. The van der Waals surface area contributed by atoms with Crippen molar-refractivity contribution in [3.8, 4) is 11.4 Å². The zero-order valence-electron chi connectivity index (χ0n) is 15.9. The van der Waals surface area contributed by atoms with Gasteiger partial charge in [0.05, 0.1) is 0 Å². The first-order valence-electron chi connectivity index (χ1n) is 9.18. The van der Waals surface area contributed by atoms with Crippen molar-refractivity contribution in [1.82, 2.24) is 10.1 Å². The summed E-state index contributed by atoms with van der Waals surface area (Å²) in [5.41, 5.74) is 1.58. The summed E-state index contributed by atoms with van der Waals surface area (Å²) in [6, 6.07) is 16.1. The van der Waals surface area contributed by atoms with Gasteiger partial charge >= 0.3 is 11.3 Å². The maximum atomic E-state index is 13.0. The SMILES string of the molecule is O=c1c(NCc2ccccc2)c(NCc2ccc(-c3noc(C(F)(F)Cl)n3)cc2)c1=O. The van der Waals surface area contributed by atoms with Crippen LogP contribution in [0.25, 0.3) is 11.4 Å². The van der Waals surface area contributed by atoms with Crippen LogP contribution in [0.2, 0.25) is 0 Å². The van der Waals surface area contributed by atoms with E-state index in [4.69, 9.17) is 11.6 Å². The van der Waals surface area contributed by atoms with Gasteiger partial charge in [-0.2, -0.15) is 13.8 Å². The van der Waals surface area contributed by atoms with Gasteiger partial charge in [0.2, 0.25) is 5.82 Å². The Morgan fingerprint density at radius 3 is 1.94 bits per heavy atom. The predicted octanol–water partition coefficient (Wildman–Crippen LogP) is 3.84. The molecule has 4 aromatic rings. The van der Waals surface area contributed by atoms with Crippen LogP contribution in [0.3, 0.4) is 0 Å². The summed E-state index contributed by atoms with van der Waals surface area (Å²) in [7, 11) is 0. The number of hydrogen-bond acceptors (Lipinski definition) is 7. The van der Waals surface area contributed by atoms with E-state index < -0.39 is 22.1 Å². The van der Waals surface area contributed by atoms with Crippen LogP contribution in [0, 0.1) is 0 Å². The van der Waals surface area contributed by atoms with E-state index in [1.54, 1.807) is 24.3 Å². The van der Waals surface area contributed by atoms with Gasteiger partial charge in [0.25, 0.3) is 10.9 Å². The Bertz CT molecular complexity index is 1260. The van der Waals surface area contributed by atoms with Crippen molar-refractivity contribution >= 4 is 23.0 Å². The van der Waals surface area contributed by atoms with Crippen molar-refractivity contribution in [2.75, 3.05) is 10.6 Å². The van der Waals surface area contributed by atoms with Gasteiger partial charge in [-0.3, -0.25) is 9.59 Å². The highest BCUT2D eigenvalue weighted by molar-refractivity contribution is 6.21. The topological polar surface area (TPSA) is 97.1 Å². The normalized spacial score (nSPS) is 11.6. The number of rotatable bonds is 8. The lowest BCUT2D eigenvalue weighted by Crippen LogP contribution is -2.37. The molecular weight excluding hydrogens is 430 g/mol. The number of alkyl halides is 3. The first kappa shape index (κ1) is 20.7. The number of aromatic nitrogens is 2. The van der Waals surface area contributed by atoms with E-state index in [-0.39, 0.29) is 23.7 Å². The monoisotopic (exact) mass is 444 g/mol. The molecule has 0 aliphatic carbocycles. The van der Waals surface area contributed by atoms with Crippen LogP contribution in [0.4, 0.5) is 20.2 Å². The van der Waals surface area contributed by atoms with E-state index in [1.807, 2.05) is 30.3 Å². The molecule has 0 aliphatic heterocycles. The van der Waals surface area contributed by atoms with Crippen molar-refractivity contribution in [3.63, 3.8) is 0 Å². The third-order valence-corrected chi connectivity index (χ3v) is 4.73. The Labute approximate surface area is 179 Å². The molecule has 0 radical (unpaired) electrons. The number of nitrogens with zero attached hydrogens (tertiary/aromatic N) is 2. The largest absolute Gasteiger partial charge is 0.400 e. The van der Waals surface area contributed by atoms with Gasteiger partial charge in [0, 0.05) is 18.7 Å². The van der Waals surface area contributed by atoms with Crippen LogP contribution in [0.15, 0.2) is 68.7 Å². The summed E-state index contributed by atoms with van der Waals surface area (Å²) in [5, 5.41) is 5.71. The lowest BCUT2D eigenvalue weighted by atomic mass is 10.1. The van der Waals surface area contributed by atoms with Crippen LogP contribution in [-0.4, -0.2) is 10.1 Å². The summed E-state index contributed by atoms with van der Waals surface area (Å²) < 4.78 is 30.5. The lowest BCUT2D eigenvalue weighted by Gasteiger charge is -2.15. The van der Waals surface area contributed by atoms with Gasteiger partial charge in [-0.1, -0.05) is 59.8 Å². The molecule has 0 saturated carbocycles. The number of benzene rings is 2. The molecule has 31 heavy (non-hydrogen) atoms. The second-order valence-electron chi connectivity index (χ2n) is 6.72. The molecule has 3 aromatic carbocycles. The van der Waals surface area contributed by atoms with Crippen LogP contribution < -0.4 is 21.5 Å². The minimum Gasteiger partial charge on any atom is -0.376 e. The molecule has 0 fully saturated rings. The summed E-state index contributed by atoms with van der Waals surface area (Å²) in [6.45, 7) is 0.700. The molecule has 158 valence electrons. The quantitative estimate of drug-likeness (QED) is 0.315. The summed E-state index contributed by atoms with van der Waals surface area (Å²) in [4.78, 5) is 27.4. The standard InChI is InChI=1S/C21H15ClF2N4O3/c22-21(23,24)20-27-19(28-31-20)14-8-6-13(7-9-14)11-26-16-15(17(29)18(16)30)25-10-12-4-2-1-3-5-12/h1-9,25-26H,10-11H2. The Kier molecular flexibility index (Phi) is 5.51. The molecule has 0 bridgehead atoms. The predicted molar refractivity (Wildman–Crippen MR) is 112 cm³/mol. The molecule has 1 aromatic heterocycles. The van der Waals surface area contributed by atoms with Gasteiger partial charge < -0.3 is 15.2 Å². The van der Waals surface area contributed by atoms with Crippen molar-refractivity contribution < 1.29 is 13.3 Å². The van der Waals surface area contributed by atoms with E-state index >= 15 is 0 Å². The van der Waals surface area contributed by atoms with Crippen molar-refractivity contribution in [3.05, 3.63) is 92.1 Å². The van der Waals surface area contributed by atoms with Gasteiger partial charge in [0.15, 0.2) is 0 Å². The zero-order valence-corrected chi connectivity index (χ0v) is 16.6. The van der Waals surface area contributed by atoms with Crippen LogP contribution >= 0.6 is 11.6 Å². The molecule has 0 atom stereocenters. The van der Waals surface area contributed by atoms with Gasteiger partial charge in [0.1, 0.15) is 11.4 Å². The molecule has 4 rings (SSSR count). The fourth-order valence-electron chi connectivity index (χ4n) is 2.93. The molecule has 10 heteroatoms. The lowest BCUT2D eigenvalue weighted by molar-refractivity contribution is 0.0551. The highest BCUT2D eigenvalue weighted by Crippen LogP contribution is 2.32. The fourth-order valence-corrected chi connectivity index (χ4v) is 3.01. The first-order chi connectivity index (χ1) is 14.8. The fraction of sp³-hybridized carbons (Fsp3) is 0.143. The van der Waals surface area contributed by atoms with Crippen LogP contribution in [-0.2, 0) is 18.5 Å². The molecule has 1 heterocycles. The van der Waals surface area contributed by atoms with Gasteiger partial charge in [-0.15, -0.1) is 0 Å². The first-order valence-corrected chi connectivity index (χ1v) is 9.56. The van der Waals surface area contributed by atoms with Crippen molar-refractivity contribution in [2.24, 2.45) is 0 Å². The summed E-state index contributed by atoms with van der Waals surface area (Å²) in [6.07, 6.45) is 0. The average Bonchev–Trinajstić information content (AvgIpc) is 3.27. The van der Waals surface area contributed by atoms with E-state index in [9.17, 15) is 18.4 Å². The zero-order chi connectivity index (χ0) is 22.0. The van der Waals surface area contributed by atoms with E-state index in [0.717, 1.165) is 11.1 Å². The molecule has 7 nitrogen and oxygen atoms in total. The second kappa shape index (κ2) is 8.27. The van der Waals surface area contributed by atoms with Crippen molar-refractivity contribution in [2.45, 2.75) is 18.5 Å². The number of hydrogen-bond donors (Lipinski definition) is 2. The molecule has 0 unspecified atom stereocenters. The second-order valence-corrected chi connectivity index (χ2v) is 7.19. The molecule has 0 saturated heterocycles. The molecule has 0 amide bonds. The molecule has 2 N–H and O–H groups in total. The van der Waals surface area contributed by atoms with Crippen molar-refractivity contribution in [1.29, 1.82) is 0 Å². The third kappa shape index (κ3) is 4.46.